The topological polar surface area (TPSA) is 70.1 Å². The number of carbonyl (C=O) groups excluding carboxylic acids is 2. The summed E-state index contributed by atoms with van der Waals surface area (Å²) in [7, 11) is 3.87. The Balaban J connectivity index is 1.80. The Hall–Kier alpha value is -3.77. The normalized spacial score (nSPS) is 17.0. The average Bonchev–Trinajstić information content (AvgIpc) is 3.10. The number of Topliss-reactive ketones (excluding diaryl/α,β-unsaturated/α-hetero) is 1. The molecule has 1 saturated heterocycles. The Bertz CT molecular complexity index is 1270. The van der Waals surface area contributed by atoms with Crippen molar-refractivity contribution < 1.29 is 19.4 Å². The van der Waals surface area contributed by atoms with Crippen molar-refractivity contribution >= 4 is 34.7 Å². The number of aliphatic hydroxyl groups is 1. The highest BCUT2D eigenvalue weighted by Gasteiger charge is 2.46. The van der Waals surface area contributed by atoms with Gasteiger partial charge >= 0.3 is 0 Å². The molecule has 0 saturated carbocycles. The molecule has 0 aromatic heterocycles. The smallest absolute Gasteiger partial charge is 0.295 e. The standard InChI is InChI=1S/C28H27ClN2O4/c1-4-35-23-14-8-18(9-15-23)17-31-25(19-10-12-22(13-11-19)30(2)3)24(27(33)28(31)34)26(32)20-6-5-7-21(29)16-20/h5-16,25,32H,4,17H2,1-3H3/b26-24-. The van der Waals surface area contributed by atoms with Gasteiger partial charge < -0.3 is 19.6 Å². The van der Waals surface area contributed by atoms with Crippen LogP contribution >= 0.6 is 11.6 Å². The Labute approximate surface area is 210 Å². The molecule has 0 aliphatic carbocycles. The summed E-state index contributed by atoms with van der Waals surface area (Å²) >= 11 is 6.12. The molecule has 3 aromatic carbocycles. The number of halogens is 1. The highest BCUT2D eigenvalue weighted by Crippen LogP contribution is 2.41. The third-order valence-corrected chi connectivity index (χ3v) is 6.19. The van der Waals surface area contributed by atoms with Crippen LogP contribution in [0.25, 0.3) is 5.76 Å². The molecule has 0 bridgehead atoms. The molecule has 1 amide bonds. The zero-order valence-corrected chi connectivity index (χ0v) is 20.6. The Kier molecular flexibility index (Phi) is 7.12. The first kappa shape index (κ1) is 24.4. The summed E-state index contributed by atoms with van der Waals surface area (Å²) in [4.78, 5) is 29.9. The van der Waals surface area contributed by atoms with Crippen molar-refractivity contribution in [3.8, 4) is 5.75 Å². The molecule has 7 heteroatoms. The molecule has 180 valence electrons. The van der Waals surface area contributed by atoms with Crippen molar-refractivity contribution in [1.82, 2.24) is 4.90 Å². The first-order valence-electron chi connectivity index (χ1n) is 11.3. The van der Waals surface area contributed by atoms with E-state index >= 15 is 0 Å². The summed E-state index contributed by atoms with van der Waals surface area (Å²) in [6, 6.07) is 20.9. The largest absolute Gasteiger partial charge is 0.507 e. The highest BCUT2D eigenvalue weighted by molar-refractivity contribution is 6.46. The molecule has 35 heavy (non-hydrogen) atoms. The molecular weight excluding hydrogens is 464 g/mol. The molecule has 1 heterocycles. The molecular formula is C28H27ClN2O4. The van der Waals surface area contributed by atoms with Crippen molar-refractivity contribution in [2.24, 2.45) is 0 Å². The Morgan fingerprint density at radius 3 is 2.31 bits per heavy atom. The monoisotopic (exact) mass is 490 g/mol. The molecule has 4 rings (SSSR count). The molecule has 6 nitrogen and oxygen atoms in total. The molecule has 1 aliphatic rings. The molecule has 1 atom stereocenters. The van der Waals surface area contributed by atoms with Crippen LogP contribution < -0.4 is 9.64 Å². The lowest BCUT2D eigenvalue weighted by molar-refractivity contribution is -0.140. The molecule has 0 radical (unpaired) electrons. The maximum absolute atomic E-state index is 13.2. The van der Waals surface area contributed by atoms with Crippen LogP contribution in [0.15, 0.2) is 78.4 Å². The van der Waals surface area contributed by atoms with Gasteiger partial charge in [0.1, 0.15) is 11.5 Å². The van der Waals surface area contributed by atoms with Crippen LogP contribution in [0.1, 0.15) is 29.7 Å². The van der Waals surface area contributed by atoms with Gasteiger partial charge in [0, 0.05) is 36.9 Å². The summed E-state index contributed by atoms with van der Waals surface area (Å²) in [6.45, 7) is 2.67. The van der Waals surface area contributed by atoms with Gasteiger partial charge in [0.15, 0.2) is 0 Å². The van der Waals surface area contributed by atoms with Crippen LogP contribution in [0.3, 0.4) is 0 Å². The predicted octanol–water partition coefficient (Wildman–Crippen LogP) is 5.43. The van der Waals surface area contributed by atoms with Crippen molar-refractivity contribution in [3.63, 3.8) is 0 Å². The summed E-state index contributed by atoms with van der Waals surface area (Å²) in [6.07, 6.45) is 0. The van der Waals surface area contributed by atoms with Crippen molar-refractivity contribution in [3.05, 3.63) is 100 Å². The maximum atomic E-state index is 13.2. The fourth-order valence-electron chi connectivity index (χ4n) is 4.19. The van der Waals surface area contributed by atoms with E-state index in [9.17, 15) is 14.7 Å². The first-order valence-corrected chi connectivity index (χ1v) is 11.7. The summed E-state index contributed by atoms with van der Waals surface area (Å²) in [5.74, 6) is -0.906. The van der Waals surface area contributed by atoms with Crippen LogP contribution in [0.2, 0.25) is 5.02 Å². The van der Waals surface area contributed by atoms with Crippen LogP contribution in [-0.4, -0.2) is 42.4 Å². The van der Waals surface area contributed by atoms with E-state index in [1.807, 2.05) is 74.4 Å². The number of ether oxygens (including phenoxy) is 1. The van der Waals surface area contributed by atoms with Crippen molar-refractivity contribution in [1.29, 1.82) is 0 Å². The van der Waals surface area contributed by atoms with Gasteiger partial charge in [-0.1, -0.05) is 48.0 Å². The van der Waals surface area contributed by atoms with Crippen molar-refractivity contribution in [2.45, 2.75) is 19.5 Å². The minimum absolute atomic E-state index is 0.0424. The zero-order valence-electron chi connectivity index (χ0n) is 19.9. The minimum Gasteiger partial charge on any atom is -0.507 e. The third-order valence-electron chi connectivity index (χ3n) is 5.95. The lowest BCUT2D eigenvalue weighted by atomic mass is 9.95. The van der Waals surface area contributed by atoms with E-state index < -0.39 is 17.7 Å². The quantitative estimate of drug-likeness (QED) is 0.272. The second-order valence-corrected chi connectivity index (χ2v) is 8.94. The number of rotatable bonds is 7. The summed E-state index contributed by atoms with van der Waals surface area (Å²) in [5.41, 5.74) is 2.97. The van der Waals surface area contributed by atoms with Gasteiger partial charge in [0.05, 0.1) is 18.2 Å². The van der Waals surface area contributed by atoms with E-state index in [4.69, 9.17) is 16.3 Å². The Morgan fingerprint density at radius 2 is 1.71 bits per heavy atom. The summed E-state index contributed by atoms with van der Waals surface area (Å²) < 4.78 is 5.51. The number of carbonyl (C=O) groups is 2. The number of benzene rings is 3. The third kappa shape index (κ3) is 5.03. The predicted molar refractivity (Wildman–Crippen MR) is 138 cm³/mol. The second-order valence-electron chi connectivity index (χ2n) is 8.50. The van der Waals surface area contributed by atoms with Crippen molar-refractivity contribution in [2.75, 3.05) is 25.6 Å². The molecule has 3 aromatic rings. The van der Waals surface area contributed by atoms with Crippen LogP contribution in [0, 0.1) is 0 Å². The number of aliphatic hydroxyl groups excluding tert-OH is 1. The number of likely N-dealkylation sites (tertiary alicyclic amines) is 1. The highest BCUT2D eigenvalue weighted by atomic mass is 35.5. The number of hydrogen-bond donors (Lipinski definition) is 1. The maximum Gasteiger partial charge on any atom is 0.295 e. The average molecular weight is 491 g/mol. The second kappa shape index (κ2) is 10.2. The zero-order chi connectivity index (χ0) is 25.1. The molecule has 1 aliphatic heterocycles. The van der Waals surface area contributed by atoms with Gasteiger partial charge in [-0.25, -0.2) is 0 Å². The van der Waals surface area contributed by atoms with Gasteiger partial charge in [-0.2, -0.15) is 0 Å². The fourth-order valence-corrected chi connectivity index (χ4v) is 4.38. The number of ketones is 1. The summed E-state index contributed by atoms with van der Waals surface area (Å²) in [5, 5.41) is 11.6. The number of anilines is 1. The van der Waals surface area contributed by atoms with E-state index in [-0.39, 0.29) is 17.9 Å². The molecule has 1 unspecified atom stereocenters. The molecule has 1 fully saturated rings. The minimum atomic E-state index is -0.753. The van der Waals surface area contributed by atoms with E-state index in [2.05, 4.69) is 0 Å². The van der Waals surface area contributed by atoms with Gasteiger partial charge in [-0.15, -0.1) is 0 Å². The SMILES string of the molecule is CCOc1ccc(CN2C(=O)C(=O)/C(=C(\O)c3cccc(Cl)c3)C2c2ccc(N(C)C)cc2)cc1. The Morgan fingerprint density at radius 1 is 1.03 bits per heavy atom. The van der Waals surface area contributed by atoms with Gasteiger partial charge in [-0.05, 0) is 54.4 Å². The van der Waals surface area contributed by atoms with Gasteiger partial charge in [0.2, 0.25) is 0 Å². The number of nitrogens with zero attached hydrogens (tertiary/aromatic N) is 2. The van der Waals surface area contributed by atoms with E-state index in [0.717, 1.165) is 22.6 Å². The van der Waals surface area contributed by atoms with E-state index in [0.29, 0.717) is 17.2 Å². The van der Waals surface area contributed by atoms with Crippen LogP contribution in [0.4, 0.5) is 5.69 Å². The molecule has 1 N–H and O–H groups in total. The van der Waals surface area contributed by atoms with E-state index in [1.165, 1.54) is 4.90 Å². The van der Waals surface area contributed by atoms with Gasteiger partial charge in [-0.3, -0.25) is 9.59 Å². The lowest BCUT2D eigenvalue weighted by Gasteiger charge is -2.26. The van der Waals surface area contributed by atoms with E-state index in [1.54, 1.807) is 24.3 Å². The lowest BCUT2D eigenvalue weighted by Crippen LogP contribution is -2.29. The number of amides is 1. The first-order chi connectivity index (χ1) is 16.8. The van der Waals surface area contributed by atoms with Crippen LogP contribution in [-0.2, 0) is 16.1 Å². The van der Waals surface area contributed by atoms with Gasteiger partial charge in [0.25, 0.3) is 11.7 Å². The molecule has 0 spiro atoms. The fraction of sp³-hybridized carbons (Fsp3) is 0.214. The van der Waals surface area contributed by atoms with Crippen LogP contribution in [0.5, 0.6) is 5.75 Å². The number of hydrogen-bond acceptors (Lipinski definition) is 5.